The Morgan fingerprint density at radius 2 is 1.91 bits per heavy atom. The molecule has 1 aromatic carbocycles. The van der Waals surface area contributed by atoms with Gasteiger partial charge in [0.1, 0.15) is 23.7 Å². The fourth-order valence-corrected chi connectivity index (χ4v) is 5.58. The van der Waals surface area contributed by atoms with Crippen molar-refractivity contribution in [2.24, 2.45) is 0 Å². The van der Waals surface area contributed by atoms with Gasteiger partial charge >= 0.3 is 11.9 Å². The average molecular weight is 515 g/mol. The van der Waals surface area contributed by atoms with Gasteiger partial charge in [0.05, 0.1) is 4.90 Å². The van der Waals surface area contributed by atoms with Crippen LogP contribution in [-0.2, 0) is 43.0 Å². The van der Waals surface area contributed by atoms with E-state index in [1.807, 2.05) is 0 Å². The predicted octanol–water partition coefficient (Wildman–Crippen LogP) is -0.0255. The van der Waals surface area contributed by atoms with E-state index in [1.54, 1.807) is 19.1 Å². The summed E-state index contributed by atoms with van der Waals surface area (Å²) in [5.41, 5.74) is 0.528. The first-order chi connectivity index (χ1) is 16.0. The minimum absolute atomic E-state index is 0.0482. The lowest BCUT2D eigenvalue weighted by Crippen LogP contribution is -2.71. The maximum atomic E-state index is 12.7. The number of hydrogen-bond acceptors (Lipinski definition) is 10. The number of aryl methyl sites for hydroxylation is 1. The number of nitrogens with one attached hydrogen (secondary N) is 1. The summed E-state index contributed by atoms with van der Waals surface area (Å²) >= 11 is 1.13. The first-order valence-electron chi connectivity index (χ1n) is 9.82. The standard InChI is InChI=1S/C20H22N2O10S2/c1-10-4-6-12(7-5-10)34(28,29)31-8-14(24)21-15-17(25)22-16(19(26)27)13(9-33-18(15)22)20(30-3)32-11(2)23/h4-7,15,18,20H,8-9H2,1-3H3,(H,21,24)(H,26,27)/t15-,18-,20?/m1/s1. The molecule has 0 aromatic heterocycles. The molecule has 1 unspecified atom stereocenters. The Morgan fingerprint density at radius 1 is 1.26 bits per heavy atom. The number of carbonyl (C=O) groups is 4. The first-order valence-corrected chi connectivity index (χ1v) is 12.3. The Kier molecular flexibility index (Phi) is 7.65. The van der Waals surface area contributed by atoms with Crippen LogP contribution in [0.4, 0.5) is 0 Å². The van der Waals surface area contributed by atoms with E-state index in [0.717, 1.165) is 29.1 Å². The Bertz CT molecular complexity index is 1150. The highest BCUT2D eigenvalue weighted by Gasteiger charge is 2.55. The van der Waals surface area contributed by atoms with Crippen molar-refractivity contribution in [2.75, 3.05) is 19.5 Å². The molecule has 3 atom stereocenters. The Balaban J connectivity index is 1.67. The lowest BCUT2D eigenvalue weighted by molar-refractivity contribution is -0.165. The van der Waals surface area contributed by atoms with Gasteiger partial charge in [-0.05, 0) is 19.1 Å². The van der Waals surface area contributed by atoms with Crippen molar-refractivity contribution >= 4 is 45.6 Å². The van der Waals surface area contributed by atoms with Crippen molar-refractivity contribution < 1.29 is 46.4 Å². The molecule has 0 bridgehead atoms. The number of carbonyl (C=O) groups excluding carboxylic acids is 3. The number of carboxylic acid groups (broad SMARTS) is 1. The highest BCUT2D eigenvalue weighted by atomic mass is 32.2. The lowest BCUT2D eigenvalue weighted by atomic mass is 10.0. The fourth-order valence-electron chi connectivity index (χ4n) is 3.36. The topological polar surface area (TPSA) is 166 Å². The molecule has 3 rings (SSSR count). The molecular weight excluding hydrogens is 492 g/mol. The Labute approximate surface area is 199 Å². The number of methoxy groups -OCH3 is 1. The third-order valence-electron chi connectivity index (χ3n) is 4.94. The summed E-state index contributed by atoms with van der Waals surface area (Å²) in [6, 6.07) is 4.75. The largest absolute Gasteiger partial charge is 0.477 e. The number of amides is 2. The van der Waals surface area contributed by atoms with Crippen LogP contribution in [0.15, 0.2) is 40.4 Å². The molecule has 34 heavy (non-hydrogen) atoms. The number of aliphatic carboxylic acids is 1. The van der Waals surface area contributed by atoms with Crippen LogP contribution >= 0.6 is 11.8 Å². The zero-order valence-electron chi connectivity index (χ0n) is 18.3. The molecule has 1 aromatic rings. The van der Waals surface area contributed by atoms with Gasteiger partial charge in [-0.25, -0.2) is 4.79 Å². The Hall–Kier alpha value is -2.94. The molecule has 0 aliphatic carbocycles. The van der Waals surface area contributed by atoms with Crippen LogP contribution in [0.2, 0.25) is 0 Å². The van der Waals surface area contributed by atoms with Gasteiger partial charge in [0.15, 0.2) is 0 Å². The third kappa shape index (κ3) is 5.24. The van der Waals surface area contributed by atoms with E-state index in [-0.39, 0.29) is 16.2 Å². The van der Waals surface area contributed by atoms with Crippen molar-refractivity contribution in [3.05, 3.63) is 41.1 Å². The normalized spacial score (nSPS) is 20.8. The summed E-state index contributed by atoms with van der Waals surface area (Å²) in [4.78, 5) is 49.0. The summed E-state index contributed by atoms with van der Waals surface area (Å²) in [5, 5.41) is 11.3. The molecule has 0 saturated carbocycles. The summed E-state index contributed by atoms with van der Waals surface area (Å²) in [6.45, 7) is 2.06. The molecule has 14 heteroatoms. The van der Waals surface area contributed by atoms with Gasteiger partial charge in [0, 0.05) is 25.4 Å². The van der Waals surface area contributed by atoms with Gasteiger partial charge in [-0.15, -0.1) is 11.8 Å². The van der Waals surface area contributed by atoms with Gasteiger partial charge in [-0.3, -0.25) is 23.5 Å². The molecule has 2 amide bonds. The van der Waals surface area contributed by atoms with Crippen LogP contribution < -0.4 is 5.32 Å². The van der Waals surface area contributed by atoms with E-state index >= 15 is 0 Å². The minimum Gasteiger partial charge on any atom is -0.477 e. The maximum Gasteiger partial charge on any atom is 0.352 e. The minimum atomic E-state index is -4.19. The zero-order valence-corrected chi connectivity index (χ0v) is 20.0. The van der Waals surface area contributed by atoms with E-state index in [9.17, 15) is 32.7 Å². The average Bonchev–Trinajstić information content (AvgIpc) is 2.78. The monoisotopic (exact) mass is 514 g/mol. The number of carboxylic acids is 1. The van der Waals surface area contributed by atoms with Gasteiger partial charge in [-0.1, -0.05) is 17.7 Å². The first kappa shape index (κ1) is 25.7. The summed E-state index contributed by atoms with van der Waals surface area (Å²) < 4.78 is 39.3. The zero-order chi connectivity index (χ0) is 25.2. The van der Waals surface area contributed by atoms with Crippen LogP contribution in [-0.4, -0.2) is 79.4 Å². The summed E-state index contributed by atoms with van der Waals surface area (Å²) in [5.74, 6) is -3.67. The van der Waals surface area contributed by atoms with Gasteiger partial charge in [0.25, 0.3) is 16.0 Å². The quantitative estimate of drug-likeness (QED) is 0.197. The molecule has 184 valence electrons. The molecule has 1 fully saturated rings. The van der Waals surface area contributed by atoms with E-state index in [2.05, 4.69) is 5.32 Å². The van der Waals surface area contributed by atoms with Crippen molar-refractivity contribution in [1.82, 2.24) is 10.2 Å². The van der Waals surface area contributed by atoms with Crippen LogP contribution in [0, 0.1) is 6.92 Å². The molecule has 2 N–H and O–H groups in total. The highest BCUT2D eigenvalue weighted by molar-refractivity contribution is 8.00. The fraction of sp³-hybridized carbons (Fsp3) is 0.400. The Morgan fingerprint density at radius 3 is 2.47 bits per heavy atom. The molecule has 1 saturated heterocycles. The number of esters is 1. The van der Waals surface area contributed by atoms with Crippen LogP contribution in [0.25, 0.3) is 0 Å². The molecule has 2 heterocycles. The SMILES string of the molecule is COC(OC(C)=O)C1=C(C(=O)O)N2C(=O)[C@@H](NC(=O)COS(=O)(=O)c3ccc(C)cc3)[C@H]2SC1. The number of benzene rings is 1. The number of ether oxygens (including phenoxy) is 2. The third-order valence-corrected chi connectivity index (χ3v) is 7.52. The molecular formula is C20H22N2O10S2. The van der Waals surface area contributed by atoms with Gasteiger partial charge in [-0.2, -0.15) is 8.42 Å². The van der Waals surface area contributed by atoms with Gasteiger partial charge < -0.3 is 19.9 Å². The highest BCUT2D eigenvalue weighted by Crippen LogP contribution is 2.41. The number of hydrogen-bond donors (Lipinski definition) is 2. The molecule has 2 aliphatic rings. The molecule has 0 spiro atoms. The van der Waals surface area contributed by atoms with E-state index < -0.39 is 63.9 Å². The second-order valence-corrected chi connectivity index (χ2v) is 10.1. The van der Waals surface area contributed by atoms with E-state index in [4.69, 9.17) is 13.7 Å². The molecule has 12 nitrogen and oxygen atoms in total. The summed E-state index contributed by atoms with van der Waals surface area (Å²) in [6.07, 6.45) is -1.29. The molecule has 2 aliphatic heterocycles. The number of fused-ring (bicyclic) bond motifs is 1. The van der Waals surface area contributed by atoms with E-state index in [0.29, 0.717) is 0 Å². The number of rotatable bonds is 9. The van der Waals surface area contributed by atoms with Crippen molar-refractivity contribution in [2.45, 2.75) is 36.4 Å². The van der Waals surface area contributed by atoms with Crippen molar-refractivity contribution in [3.63, 3.8) is 0 Å². The van der Waals surface area contributed by atoms with Crippen LogP contribution in [0.5, 0.6) is 0 Å². The number of thioether (sulfide) groups is 1. The second kappa shape index (κ2) is 10.1. The number of nitrogens with zero attached hydrogens (tertiary/aromatic N) is 1. The smallest absolute Gasteiger partial charge is 0.352 e. The van der Waals surface area contributed by atoms with Crippen molar-refractivity contribution in [3.8, 4) is 0 Å². The van der Waals surface area contributed by atoms with Crippen LogP contribution in [0.3, 0.4) is 0 Å². The van der Waals surface area contributed by atoms with E-state index in [1.165, 1.54) is 19.2 Å². The van der Waals surface area contributed by atoms with Crippen molar-refractivity contribution in [1.29, 1.82) is 0 Å². The maximum absolute atomic E-state index is 12.7. The predicted molar refractivity (Wildman–Crippen MR) is 117 cm³/mol. The number of β-lactam (4-membered cyclic amide) rings is 1. The second-order valence-electron chi connectivity index (χ2n) is 7.34. The van der Waals surface area contributed by atoms with Crippen LogP contribution in [0.1, 0.15) is 12.5 Å². The van der Waals surface area contributed by atoms with Gasteiger partial charge in [0.2, 0.25) is 12.2 Å². The summed E-state index contributed by atoms with van der Waals surface area (Å²) in [7, 11) is -2.96. The molecule has 0 radical (unpaired) electrons. The lowest BCUT2D eigenvalue weighted by Gasteiger charge is -2.49.